The number of rotatable bonds is 4. The Balaban J connectivity index is 0.00000169. The highest BCUT2D eigenvalue weighted by atomic mass is 35.5. The van der Waals surface area contributed by atoms with Crippen LogP contribution in [-0.4, -0.2) is 10.1 Å². The monoisotopic (exact) mass is 341 g/mol. The van der Waals surface area contributed by atoms with Crippen molar-refractivity contribution < 1.29 is 4.52 Å². The van der Waals surface area contributed by atoms with Gasteiger partial charge >= 0.3 is 0 Å². The molecule has 2 aromatic carbocycles. The van der Waals surface area contributed by atoms with E-state index in [4.69, 9.17) is 10.3 Å². The highest BCUT2D eigenvalue weighted by Gasteiger charge is 2.38. The van der Waals surface area contributed by atoms with E-state index >= 15 is 0 Å². The summed E-state index contributed by atoms with van der Waals surface area (Å²) < 4.78 is 5.36. The third-order valence-electron chi connectivity index (χ3n) is 4.58. The van der Waals surface area contributed by atoms with Gasteiger partial charge < -0.3 is 10.3 Å². The third kappa shape index (κ3) is 3.21. The van der Waals surface area contributed by atoms with Gasteiger partial charge in [-0.1, -0.05) is 59.8 Å². The lowest BCUT2D eigenvalue weighted by Crippen LogP contribution is -2.44. The van der Waals surface area contributed by atoms with Crippen molar-refractivity contribution in [1.29, 1.82) is 0 Å². The van der Waals surface area contributed by atoms with Crippen molar-refractivity contribution in [2.45, 2.75) is 31.2 Å². The van der Waals surface area contributed by atoms with Crippen LogP contribution >= 0.6 is 12.4 Å². The van der Waals surface area contributed by atoms with Crippen LogP contribution in [0.15, 0.2) is 59.1 Å². The fraction of sp³-hybridized carbons (Fsp3) is 0.263. The number of nitrogens with zero attached hydrogens (tertiary/aromatic N) is 2. The van der Waals surface area contributed by atoms with Gasteiger partial charge in [-0.3, -0.25) is 0 Å². The summed E-state index contributed by atoms with van der Waals surface area (Å²) in [7, 11) is 0. The Hall–Kier alpha value is -2.17. The van der Waals surface area contributed by atoms with Crippen LogP contribution < -0.4 is 5.73 Å². The molecule has 0 unspecified atom stereocenters. The fourth-order valence-corrected chi connectivity index (χ4v) is 2.93. The van der Waals surface area contributed by atoms with Gasteiger partial charge in [0.1, 0.15) is 0 Å². The first-order chi connectivity index (χ1) is 11.2. The highest BCUT2D eigenvalue weighted by molar-refractivity contribution is 5.85. The van der Waals surface area contributed by atoms with Crippen LogP contribution in [0, 0.1) is 0 Å². The third-order valence-corrected chi connectivity index (χ3v) is 4.58. The van der Waals surface area contributed by atoms with E-state index in [1.54, 1.807) is 0 Å². The molecule has 2 N–H and O–H groups in total. The second kappa shape index (κ2) is 6.75. The van der Waals surface area contributed by atoms with E-state index < -0.39 is 0 Å². The molecule has 124 valence electrons. The maximum absolute atomic E-state index is 6.23. The molecule has 5 heteroatoms. The van der Waals surface area contributed by atoms with E-state index in [9.17, 15) is 0 Å². The summed E-state index contributed by atoms with van der Waals surface area (Å²) in [5.74, 6) is 1.28. The van der Waals surface area contributed by atoms with Crippen LogP contribution in [-0.2, 0) is 12.0 Å². The standard InChI is InChI=1S/C19H19N3O.ClH/c20-19(11-4-12-19)18-21-17(23-22-18)13-14-7-9-16(10-8-14)15-5-2-1-3-6-15;/h1-3,5-10H,4,11-13,20H2;1H. The molecule has 1 fully saturated rings. The quantitative estimate of drug-likeness (QED) is 0.776. The van der Waals surface area contributed by atoms with Crippen LogP contribution in [0.2, 0.25) is 0 Å². The number of nitrogens with two attached hydrogens (primary N) is 1. The topological polar surface area (TPSA) is 64.9 Å². The lowest BCUT2D eigenvalue weighted by molar-refractivity contribution is 0.229. The molecule has 1 aliphatic rings. The summed E-state index contributed by atoms with van der Waals surface area (Å²) in [4.78, 5) is 4.48. The van der Waals surface area contributed by atoms with Gasteiger partial charge in [0, 0.05) is 0 Å². The highest BCUT2D eigenvalue weighted by Crippen LogP contribution is 2.37. The van der Waals surface area contributed by atoms with E-state index in [1.165, 1.54) is 11.1 Å². The Morgan fingerprint density at radius 1 is 0.958 bits per heavy atom. The van der Waals surface area contributed by atoms with Crippen LogP contribution in [0.3, 0.4) is 0 Å². The van der Waals surface area contributed by atoms with Gasteiger partial charge in [0.15, 0.2) is 5.82 Å². The van der Waals surface area contributed by atoms with E-state index in [1.807, 2.05) is 18.2 Å². The molecule has 1 aromatic heterocycles. The molecule has 0 spiro atoms. The first-order valence-corrected chi connectivity index (χ1v) is 7.99. The van der Waals surface area contributed by atoms with Gasteiger partial charge in [-0.2, -0.15) is 4.98 Å². The number of aromatic nitrogens is 2. The van der Waals surface area contributed by atoms with E-state index in [0.29, 0.717) is 18.1 Å². The number of halogens is 1. The fourth-order valence-electron chi connectivity index (χ4n) is 2.93. The van der Waals surface area contributed by atoms with Gasteiger partial charge in [-0.25, -0.2) is 0 Å². The van der Waals surface area contributed by atoms with E-state index in [2.05, 4.69) is 46.5 Å². The van der Waals surface area contributed by atoms with Crippen LogP contribution in [0.4, 0.5) is 0 Å². The van der Waals surface area contributed by atoms with E-state index in [-0.39, 0.29) is 17.9 Å². The van der Waals surface area contributed by atoms with E-state index in [0.717, 1.165) is 24.8 Å². The second-order valence-electron chi connectivity index (χ2n) is 6.26. The molecule has 1 saturated carbocycles. The first-order valence-electron chi connectivity index (χ1n) is 7.99. The number of hydrogen-bond acceptors (Lipinski definition) is 4. The molecule has 0 aliphatic heterocycles. The van der Waals surface area contributed by atoms with Gasteiger partial charge in [0.25, 0.3) is 0 Å². The van der Waals surface area contributed by atoms with Gasteiger partial charge in [0.05, 0.1) is 12.0 Å². The van der Waals surface area contributed by atoms with Crippen molar-refractivity contribution in [3.63, 3.8) is 0 Å². The zero-order valence-corrected chi connectivity index (χ0v) is 14.1. The Kier molecular flexibility index (Phi) is 4.69. The van der Waals surface area contributed by atoms with Crippen LogP contribution in [0.25, 0.3) is 11.1 Å². The Morgan fingerprint density at radius 2 is 1.62 bits per heavy atom. The molecule has 0 radical (unpaired) electrons. The summed E-state index contributed by atoms with van der Waals surface area (Å²) in [6.45, 7) is 0. The summed E-state index contributed by atoms with van der Waals surface area (Å²) in [5.41, 5.74) is 9.44. The molecule has 1 aliphatic carbocycles. The van der Waals surface area contributed by atoms with Gasteiger partial charge in [-0.05, 0) is 36.0 Å². The molecular weight excluding hydrogens is 322 g/mol. The molecule has 4 nitrogen and oxygen atoms in total. The zero-order chi connectivity index (χ0) is 15.7. The first kappa shape index (κ1) is 16.7. The molecule has 1 heterocycles. The largest absolute Gasteiger partial charge is 0.339 e. The van der Waals surface area contributed by atoms with Crippen molar-refractivity contribution in [3.8, 4) is 11.1 Å². The molecule has 0 saturated heterocycles. The zero-order valence-electron chi connectivity index (χ0n) is 13.3. The van der Waals surface area contributed by atoms with Crippen molar-refractivity contribution in [1.82, 2.24) is 10.1 Å². The molecule has 0 bridgehead atoms. The summed E-state index contributed by atoms with van der Waals surface area (Å²) in [6, 6.07) is 18.8. The molecule has 0 atom stereocenters. The Morgan fingerprint density at radius 3 is 2.25 bits per heavy atom. The maximum Gasteiger partial charge on any atom is 0.231 e. The minimum Gasteiger partial charge on any atom is -0.339 e. The molecule has 3 aromatic rings. The predicted molar refractivity (Wildman–Crippen MR) is 95.9 cm³/mol. The molecule has 0 amide bonds. The van der Waals surface area contributed by atoms with Crippen molar-refractivity contribution in [2.75, 3.05) is 0 Å². The molecule has 24 heavy (non-hydrogen) atoms. The van der Waals surface area contributed by atoms with Crippen molar-refractivity contribution in [3.05, 3.63) is 71.9 Å². The smallest absolute Gasteiger partial charge is 0.231 e. The van der Waals surface area contributed by atoms with Crippen molar-refractivity contribution in [2.24, 2.45) is 5.73 Å². The predicted octanol–water partition coefficient (Wildman–Crippen LogP) is 4.09. The minimum absolute atomic E-state index is 0. The van der Waals surface area contributed by atoms with Crippen LogP contribution in [0.5, 0.6) is 0 Å². The number of benzene rings is 2. The minimum atomic E-state index is -0.362. The number of hydrogen-bond donors (Lipinski definition) is 1. The average Bonchev–Trinajstić information content (AvgIpc) is 3.03. The average molecular weight is 342 g/mol. The van der Waals surface area contributed by atoms with Gasteiger partial charge in [0.2, 0.25) is 5.89 Å². The molecule has 4 rings (SSSR count). The summed E-state index contributed by atoms with van der Waals surface area (Å²) in [6.07, 6.45) is 3.66. The SMILES string of the molecule is Cl.NC1(c2noc(Cc3ccc(-c4ccccc4)cc3)n2)CCC1. The lowest BCUT2D eigenvalue weighted by Gasteiger charge is -2.34. The second-order valence-corrected chi connectivity index (χ2v) is 6.26. The van der Waals surface area contributed by atoms with Crippen molar-refractivity contribution >= 4 is 12.4 Å². The van der Waals surface area contributed by atoms with Gasteiger partial charge in [-0.15, -0.1) is 12.4 Å². The van der Waals surface area contributed by atoms with Crippen LogP contribution in [0.1, 0.15) is 36.5 Å². The maximum atomic E-state index is 6.23. The summed E-state index contributed by atoms with van der Waals surface area (Å²) in [5, 5.41) is 4.06. The Bertz CT molecular complexity index is 795. The Labute approximate surface area is 147 Å². The normalized spacial score (nSPS) is 15.4. The molecular formula is C19H20ClN3O. The summed E-state index contributed by atoms with van der Waals surface area (Å²) >= 11 is 0. The lowest BCUT2D eigenvalue weighted by atomic mass is 9.77.